The van der Waals surface area contributed by atoms with Gasteiger partial charge in [-0.05, 0) is 51.2 Å². The number of nitrogens with one attached hydrogen (secondary N) is 1. The number of carboxylic acids is 1. The second kappa shape index (κ2) is 10.7. The molecule has 0 radical (unpaired) electrons. The number of aliphatic carboxylic acids is 1. The lowest BCUT2D eigenvalue weighted by Crippen LogP contribution is -2.43. The molecule has 0 bridgehead atoms. The van der Waals surface area contributed by atoms with Crippen molar-refractivity contribution in [3.8, 4) is 11.5 Å². The molecule has 6 nitrogen and oxygen atoms in total. The maximum atomic E-state index is 12.1. The van der Waals surface area contributed by atoms with E-state index in [2.05, 4.69) is 21.2 Å². The molecule has 7 heteroatoms. The zero-order valence-corrected chi connectivity index (χ0v) is 18.1. The molecule has 0 aromatic heterocycles. The highest BCUT2D eigenvalue weighted by Gasteiger charge is 2.22. The van der Waals surface area contributed by atoms with Gasteiger partial charge in [-0.1, -0.05) is 44.2 Å². The van der Waals surface area contributed by atoms with Crippen molar-refractivity contribution in [1.29, 1.82) is 0 Å². The molecule has 0 aliphatic carbocycles. The van der Waals surface area contributed by atoms with Crippen molar-refractivity contribution in [1.82, 2.24) is 5.32 Å². The summed E-state index contributed by atoms with van der Waals surface area (Å²) in [5.74, 6) is -0.693. The molecule has 2 aromatic rings. The van der Waals surface area contributed by atoms with Crippen LogP contribution in [0.1, 0.15) is 25.0 Å². The highest BCUT2D eigenvalue weighted by molar-refractivity contribution is 9.10. The minimum absolute atomic E-state index is 0.222. The third-order valence-corrected chi connectivity index (χ3v) is 4.72. The average molecular weight is 462 g/mol. The fourth-order valence-electron chi connectivity index (χ4n) is 2.59. The Kier molecular flexibility index (Phi) is 8.27. The fraction of sp³-hybridized carbons (Fsp3) is 0.273. The number of hydrogen-bond acceptors (Lipinski definition) is 4. The third kappa shape index (κ3) is 6.64. The van der Waals surface area contributed by atoms with E-state index in [-0.39, 0.29) is 5.92 Å². The van der Waals surface area contributed by atoms with Gasteiger partial charge >= 0.3 is 5.97 Å². The van der Waals surface area contributed by atoms with E-state index < -0.39 is 17.9 Å². The third-order valence-electron chi connectivity index (χ3n) is 4.14. The van der Waals surface area contributed by atoms with E-state index in [0.29, 0.717) is 28.1 Å². The number of ether oxygens (including phenoxy) is 2. The van der Waals surface area contributed by atoms with Gasteiger partial charge in [0, 0.05) is 6.08 Å². The summed E-state index contributed by atoms with van der Waals surface area (Å²) in [7, 11) is 1.54. The number of carboxylic acid groups (broad SMARTS) is 1. The summed E-state index contributed by atoms with van der Waals surface area (Å²) in [4.78, 5) is 23.3. The molecule has 1 amide bonds. The van der Waals surface area contributed by atoms with Gasteiger partial charge < -0.3 is 19.9 Å². The molecule has 154 valence electrons. The summed E-state index contributed by atoms with van der Waals surface area (Å²) in [5.41, 5.74) is 1.73. The van der Waals surface area contributed by atoms with E-state index in [0.717, 1.165) is 5.56 Å². The summed E-state index contributed by atoms with van der Waals surface area (Å²) in [6.45, 7) is 3.86. The number of methoxy groups -OCH3 is 1. The average Bonchev–Trinajstić information content (AvgIpc) is 2.69. The van der Waals surface area contributed by atoms with Gasteiger partial charge in [0.2, 0.25) is 5.91 Å². The summed E-state index contributed by atoms with van der Waals surface area (Å²) in [6.07, 6.45) is 2.88. The molecule has 1 unspecified atom stereocenters. The summed E-state index contributed by atoms with van der Waals surface area (Å²) >= 11 is 3.48. The van der Waals surface area contributed by atoms with Crippen molar-refractivity contribution < 1.29 is 24.2 Å². The van der Waals surface area contributed by atoms with Crippen LogP contribution in [0, 0.1) is 5.92 Å². The van der Waals surface area contributed by atoms with E-state index in [1.807, 2.05) is 30.3 Å². The van der Waals surface area contributed by atoms with Crippen molar-refractivity contribution >= 4 is 33.9 Å². The quantitative estimate of drug-likeness (QED) is 0.544. The van der Waals surface area contributed by atoms with Crippen LogP contribution in [-0.4, -0.2) is 30.1 Å². The van der Waals surface area contributed by atoms with E-state index in [9.17, 15) is 14.7 Å². The standard InChI is InChI=1S/C22H24BrNO5/c1-14(2)20(22(26)27)24-19(25)10-9-16-11-17(23)21(18(12-16)28-3)29-13-15-7-5-4-6-8-15/h4-12,14,20H,13H2,1-3H3,(H,24,25)(H,26,27)/b10-9+. The molecule has 2 rings (SSSR count). The Bertz CT molecular complexity index is 880. The zero-order chi connectivity index (χ0) is 21.4. The predicted octanol–water partition coefficient (Wildman–Crippen LogP) is 4.28. The smallest absolute Gasteiger partial charge is 0.326 e. The summed E-state index contributed by atoms with van der Waals surface area (Å²) in [5, 5.41) is 11.7. The van der Waals surface area contributed by atoms with Crippen molar-refractivity contribution in [2.75, 3.05) is 7.11 Å². The maximum Gasteiger partial charge on any atom is 0.326 e. The fourth-order valence-corrected chi connectivity index (χ4v) is 3.17. The number of hydrogen-bond donors (Lipinski definition) is 2. The topological polar surface area (TPSA) is 84.9 Å². The molecule has 0 saturated carbocycles. The lowest BCUT2D eigenvalue weighted by Gasteiger charge is -2.16. The molecule has 2 aromatic carbocycles. The molecule has 0 spiro atoms. The van der Waals surface area contributed by atoms with Crippen LogP contribution >= 0.6 is 15.9 Å². The number of carbonyl (C=O) groups is 2. The van der Waals surface area contributed by atoms with Gasteiger partial charge in [-0.2, -0.15) is 0 Å². The van der Waals surface area contributed by atoms with Gasteiger partial charge in [-0.15, -0.1) is 0 Å². The van der Waals surface area contributed by atoms with Gasteiger partial charge in [0.05, 0.1) is 11.6 Å². The van der Waals surface area contributed by atoms with Gasteiger partial charge in [0.15, 0.2) is 11.5 Å². The Morgan fingerprint density at radius 3 is 2.48 bits per heavy atom. The molecule has 1 atom stereocenters. The van der Waals surface area contributed by atoms with Crippen molar-refractivity contribution in [2.24, 2.45) is 5.92 Å². The van der Waals surface area contributed by atoms with Gasteiger partial charge in [0.1, 0.15) is 12.6 Å². The Morgan fingerprint density at radius 1 is 1.21 bits per heavy atom. The lowest BCUT2D eigenvalue weighted by molar-refractivity contribution is -0.142. The normalized spacial score (nSPS) is 12.0. The van der Waals surface area contributed by atoms with Gasteiger partial charge in [0.25, 0.3) is 0 Å². The molecule has 0 heterocycles. The minimum Gasteiger partial charge on any atom is -0.493 e. The highest BCUT2D eigenvalue weighted by atomic mass is 79.9. The number of rotatable bonds is 9. The van der Waals surface area contributed by atoms with Crippen molar-refractivity contribution in [3.05, 3.63) is 64.1 Å². The Balaban J connectivity index is 2.12. The van der Waals surface area contributed by atoms with Crippen LogP contribution in [0.2, 0.25) is 0 Å². The molecule has 0 saturated heterocycles. The second-order valence-corrected chi connectivity index (χ2v) is 7.56. The number of halogens is 1. The monoisotopic (exact) mass is 461 g/mol. The Hall–Kier alpha value is -2.80. The maximum absolute atomic E-state index is 12.1. The van der Waals surface area contributed by atoms with Crippen molar-refractivity contribution in [2.45, 2.75) is 26.5 Å². The van der Waals surface area contributed by atoms with Crippen LogP contribution in [0.4, 0.5) is 0 Å². The van der Waals surface area contributed by atoms with Crippen LogP contribution in [0.15, 0.2) is 53.0 Å². The second-order valence-electron chi connectivity index (χ2n) is 6.71. The Labute approximate surface area is 178 Å². The van der Waals surface area contributed by atoms with Crippen LogP contribution in [0.25, 0.3) is 6.08 Å². The van der Waals surface area contributed by atoms with E-state index in [4.69, 9.17) is 9.47 Å². The van der Waals surface area contributed by atoms with Crippen LogP contribution in [-0.2, 0) is 16.2 Å². The molecule has 0 fully saturated rings. The lowest BCUT2D eigenvalue weighted by atomic mass is 10.0. The van der Waals surface area contributed by atoms with Gasteiger partial charge in [-0.25, -0.2) is 4.79 Å². The summed E-state index contributed by atoms with van der Waals surface area (Å²) < 4.78 is 12.0. The first-order chi connectivity index (χ1) is 13.8. The molecular weight excluding hydrogens is 438 g/mol. The largest absolute Gasteiger partial charge is 0.493 e. The van der Waals surface area contributed by atoms with E-state index in [1.54, 1.807) is 32.1 Å². The molecule has 2 N–H and O–H groups in total. The molecular formula is C22H24BrNO5. The predicted molar refractivity (Wildman–Crippen MR) is 115 cm³/mol. The van der Waals surface area contributed by atoms with Gasteiger partial charge in [-0.3, -0.25) is 4.79 Å². The number of benzene rings is 2. The van der Waals surface area contributed by atoms with Crippen LogP contribution < -0.4 is 14.8 Å². The first kappa shape index (κ1) is 22.5. The molecule has 0 aliphatic heterocycles. The molecule has 0 aliphatic rings. The van der Waals surface area contributed by atoms with E-state index >= 15 is 0 Å². The number of amides is 1. The minimum atomic E-state index is -1.06. The summed E-state index contributed by atoms with van der Waals surface area (Å²) in [6, 6.07) is 12.4. The SMILES string of the molecule is COc1cc(/C=C/C(=O)NC(C(=O)O)C(C)C)cc(Br)c1OCc1ccccc1. The van der Waals surface area contributed by atoms with Crippen LogP contribution in [0.5, 0.6) is 11.5 Å². The first-order valence-electron chi connectivity index (χ1n) is 9.07. The highest BCUT2D eigenvalue weighted by Crippen LogP contribution is 2.37. The van der Waals surface area contributed by atoms with Crippen molar-refractivity contribution in [3.63, 3.8) is 0 Å². The number of carbonyl (C=O) groups excluding carboxylic acids is 1. The molecule has 29 heavy (non-hydrogen) atoms. The Morgan fingerprint density at radius 2 is 1.90 bits per heavy atom. The van der Waals surface area contributed by atoms with Crippen LogP contribution in [0.3, 0.4) is 0 Å². The zero-order valence-electron chi connectivity index (χ0n) is 16.5. The van der Waals surface area contributed by atoms with E-state index in [1.165, 1.54) is 13.2 Å². The first-order valence-corrected chi connectivity index (χ1v) is 9.86.